The van der Waals surface area contributed by atoms with Crippen LogP contribution in [0.5, 0.6) is 0 Å². The Hall–Kier alpha value is -3.18. The van der Waals surface area contributed by atoms with Crippen molar-refractivity contribution in [3.8, 4) is 10.6 Å². The molecule has 1 aromatic carbocycles. The topological polar surface area (TPSA) is 136 Å². The van der Waals surface area contributed by atoms with Gasteiger partial charge >= 0.3 is 0 Å². The van der Waals surface area contributed by atoms with Crippen molar-refractivity contribution in [1.82, 2.24) is 19.9 Å². The maximum atomic E-state index is 10.8. The zero-order chi connectivity index (χ0) is 28.6. The maximum absolute atomic E-state index is 10.8. The summed E-state index contributed by atoms with van der Waals surface area (Å²) in [6.45, 7) is 10.2. The predicted molar refractivity (Wildman–Crippen MR) is 160 cm³/mol. The minimum absolute atomic E-state index is 0.0384. The van der Waals surface area contributed by atoms with Gasteiger partial charge in [0.05, 0.1) is 39.8 Å². The largest absolute Gasteiger partial charge is 0.396 e. The Morgan fingerprint density at radius 3 is 2.42 bits per heavy atom. The Kier molecular flexibility index (Phi) is 8.32. The van der Waals surface area contributed by atoms with E-state index >= 15 is 0 Å². The van der Waals surface area contributed by atoms with Crippen molar-refractivity contribution in [2.45, 2.75) is 71.8 Å². The Labute approximate surface area is 238 Å². The molecule has 1 fully saturated rings. The molecule has 5 rings (SSSR count). The molecule has 3 heterocycles. The van der Waals surface area contributed by atoms with Crippen LogP contribution in [0.4, 0.5) is 11.8 Å². The number of rotatable bonds is 9. The highest BCUT2D eigenvalue weighted by molar-refractivity contribution is 7.21. The first-order valence-electron chi connectivity index (χ1n) is 13.8. The molecule has 0 bridgehead atoms. The lowest BCUT2D eigenvalue weighted by molar-refractivity contribution is 0.00446. The van der Waals surface area contributed by atoms with E-state index in [4.69, 9.17) is 15.0 Å². The second kappa shape index (κ2) is 11.7. The van der Waals surface area contributed by atoms with E-state index in [2.05, 4.69) is 67.6 Å². The SMILES string of the molecule is Cc1ccc([C@@H](C)Nc2nc(C)c(-c3nc4c(CC(C)C)nccc4s3)c(N[C@@H]3C[C@H](CO)[C@@H](O)[C@H]3O)n2)cc1. The smallest absolute Gasteiger partial charge is 0.225 e. The van der Waals surface area contributed by atoms with Gasteiger partial charge in [-0.25, -0.2) is 9.97 Å². The second-order valence-electron chi connectivity index (χ2n) is 11.3. The van der Waals surface area contributed by atoms with Gasteiger partial charge in [0.25, 0.3) is 0 Å². The number of aliphatic hydroxyl groups is 3. The third-order valence-corrected chi connectivity index (χ3v) is 8.61. The number of fused-ring (bicyclic) bond motifs is 1. The summed E-state index contributed by atoms with van der Waals surface area (Å²) in [6, 6.07) is 9.78. The van der Waals surface area contributed by atoms with Crippen molar-refractivity contribution in [3.05, 3.63) is 59.0 Å². The maximum Gasteiger partial charge on any atom is 0.225 e. The predicted octanol–water partition coefficient (Wildman–Crippen LogP) is 4.65. The van der Waals surface area contributed by atoms with Gasteiger partial charge in [0.1, 0.15) is 22.4 Å². The lowest BCUT2D eigenvalue weighted by Gasteiger charge is -2.22. The lowest BCUT2D eigenvalue weighted by atomic mass is 10.1. The minimum Gasteiger partial charge on any atom is -0.396 e. The summed E-state index contributed by atoms with van der Waals surface area (Å²) in [5.74, 6) is 1.01. The average molecular weight is 563 g/mol. The molecule has 0 radical (unpaired) electrons. The van der Waals surface area contributed by atoms with Gasteiger partial charge in [0, 0.05) is 18.7 Å². The van der Waals surface area contributed by atoms with Crippen LogP contribution in [0.3, 0.4) is 0 Å². The molecule has 4 aromatic rings. The second-order valence-corrected chi connectivity index (χ2v) is 12.3. The van der Waals surface area contributed by atoms with Crippen molar-refractivity contribution >= 4 is 33.3 Å². The summed E-state index contributed by atoms with van der Waals surface area (Å²) in [4.78, 5) is 19.3. The first-order valence-corrected chi connectivity index (χ1v) is 14.7. The Balaban J connectivity index is 1.55. The van der Waals surface area contributed by atoms with Crippen LogP contribution < -0.4 is 10.6 Å². The molecular weight excluding hydrogens is 524 g/mol. The highest BCUT2D eigenvalue weighted by Crippen LogP contribution is 2.39. The van der Waals surface area contributed by atoms with Crippen LogP contribution in [0.15, 0.2) is 36.5 Å². The summed E-state index contributed by atoms with van der Waals surface area (Å²) in [5.41, 5.74) is 5.64. The number of aromatic nitrogens is 4. The van der Waals surface area contributed by atoms with Crippen molar-refractivity contribution in [2.75, 3.05) is 17.2 Å². The molecule has 40 heavy (non-hydrogen) atoms. The molecule has 0 aliphatic heterocycles. The molecule has 10 heteroatoms. The fraction of sp³-hybridized carbons (Fsp3) is 0.467. The number of nitrogens with one attached hydrogen (secondary N) is 2. The van der Waals surface area contributed by atoms with Crippen LogP contribution in [-0.2, 0) is 6.42 Å². The fourth-order valence-electron chi connectivity index (χ4n) is 5.31. The van der Waals surface area contributed by atoms with E-state index in [0.717, 1.165) is 44.2 Å². The summed E-state index contributed by atoms with van der Waals surface area (Å²) in [5, 5.41) is 38.5. The molecule has 3 aromatic heterocycles. The molecule has 1 aliphatic carbocycles. The molecule has 5 atom stereocenters. The zero-order valence-electron chi connectivity index (χ0n) is 23.6. The molecule has 5 N–H and O–H groups in total. The van der Waals surface area contributed by atoms with Crippen molar-refractivity contribution < 1.29 is 15.3 Å². The van der Waals surface area contributed by atoms with Crippen LogP contribution in [0.1, 0.15) is 55.7 Å². The molecule has 212 valence electrons. The van der Waals surface area contributed by atoms with E-state index in [9.17, 15) is 15.3 Å². The van der Waals surface area contributed by atoms with Crippen molar-refractivity contribution in [2.24, 2.45) is 11.8 Å². The van der Waals surface area contributed by atoms with Crippen LogP contribution >= 0.6 is 11.3 Å². The third kappa shape index (κ3) is 5.81. The van der Waals surface area contributed by atoms with E-state index in [1.165, 1.54) is 5.56 Å². The molecule has 0 unspecified atom stereocenters. The molecule has 1 aliphatic rings. The van der Waals surface area contributed by atoms with Gasteiger partial charge in [-0.3, -0.25) is 4.98 Å². The van der Waals surface area contributed by atoms with E-state index < -0.39 is 24.2 Å². The van der Waals surface area contributed by atoms with E-state index in [0.29, 0.717) is 24.1 Å². The number of benzene rings is 1. The fourth-order valence-corrected chi connectivity index (χ4v) is 6.39. The summed E-state index contributed by atoms with van der Waals surface area (Å²) >= 11 is 1.56. The standard InChI is InChI=1S/C30H38N6O3S/c1-15(2)12-21-25-23(10-11-31-21)40-29(35-25)24-18(5)33-30(32-17(4)19-8-6-16(3)7-9-19)36-28(24)34-22-13-20(14-37)26(38)27(22)39/h6-11,15,17,20,22,26-27,37-39H,12-14H2,1-5H3,(H2,32,33,34,36)/t17-,20-,22-,26-,27+/m1/s1. The first kappa shape index (κ1) is 28.4. The van der Waals surface area contributed by atoms with Crippen LogP contribution in [-0.4, -0.2) is 60.1 Å². The highest BCUT2D eigenvalue weighted by atomic mass is 32.1. The molecule has 0 saturated heterocycles. The number of thiazole rings is 1. The Bertz CT molecular complexity index is 1470. The molecule has 0 spiro atoms. The van der Waals surface area contributed by atoms with Gasteiger partial charge in [-0.05, 0) is 51.2 Å². The van der Waals surface area contributed by atoms with Crippen molar-refractivity contribution in [3.63, 3.8) is 0 Å². The number of nitrogens with zero attached hydrogens (tertiary/aromatic N) is 4. The van der Waals surface area contributed by atoms with Crippen LogP contribution in [0, 0.1) is 25.7 Å². The number of anilines is 2. The van der Waals surface area contributed by atoms with Crippen LogP contribution in [0.2, 0.25) is 0 Å². The highest BCUT2D eigenvalue weighted by Gasteiger charge is 2.41. The van der Waals surface area contributed by atoms with Gasteiger partial charge < -0.3 is 26.0 Å². The molecule has 1 saturated carbocycles. The summed E-state index contributed by atoms with van der Waals surface area (Å²) < 4.78 is 1.04. The van der Waals surface area contributed by atoms with Gasteiger partial charge in [-0.15, -0.1) is 11.3 Å². The monoisotopic (exact) mass is 562 g/mol. The normalized spacial score (nSPS) is 21.7. The quantitative estimate of drug-likeness (QED) is 0.197. The summed E-state index contributed by atoms with van der Waals surface area (Å²) in [6.07, 6.45) is 1.01. The number of aliphatic hydroxyl groups excluding tert-OH is 3. The third-order valence-electron chi connectivity index (χ3n) is 7.57. The molecular formula is C30H38N6O3S. The minimum atomic E-state index is -1.04. The van der Waals surface area contributed by atoms with Gasteiger partial charge in [0.2, 0.25) is 5.95 Å². The van der Waals surface area contributed by atoms with E-state index in [1.54, 1.807) is 11.3 Å². The van der Waals surface area contributed by atoms with Crippen molar-refractivity contribution in [1.29, 1.82) is 0 Å². The van der Waals surface area contributed by atoms with E-state index in [-0.39, 0.29) is 12.6 Å². The number of hydrogen-bond acceptors (Lipinski definition) is 10. The summed E-state index contributed by atoms with van der Waals surface area (Å²) in [7, 11) is 0. The van der Waals surface area contributed by atoms with Gasteiger partial charge in [-0.2, -0.15) is 4.98 Å². The number of aryl methyl sites for hydroxylation is 2. The molecule has 0 amide bonds. The van der Waals surface area contributed by atoms with Gasteiger partial charge in [0.15, 0.2) is 0 Å². The first-order chi connectivity index (χ1) is 19.1. The number of pyridine rings is 1. The van der Waals surface area contributed by atoms with Crippen LogP contribution in [0.25, 0.3) is 20.8 Å². The lowest BCUT2D eigenvalue weighted by Crippen LogP contribution is -2.35. The molecule has 9 nitrogen and oxygen atoms in total. The van der Waals surface area contributed by atoms with Gasteiger partial charge in [-0.1, -0.05) is 43.7 Å². The Morgan fingerprint density at radius 2 is 1.75 bits per heavy atom. The zero-order valence-corrected chi connectivity index (χ0v) is 24.4. The number of hydrogen-bond donors (Lipinski definition) is 5. The van der Waals surface area contributed by atoms with E-state index in [1.807, 2.05) is 19.2 Å². The Morgan fingerprint density at radius 1 is 1.00 bits per heavy atom. The average Bonchev–Trinajstić information content (AvgIpc) is 3.45.